The number of hydrogen-bond acceptors (Lipinski definition) is 2. The van der Waals surface area contributed by atoms with Crippen molar-refractivity contribution in [1.29, 1.82) is 0 Å². The summed E-state index contributed by atoms with van der Waals surface area (Å²) >= 11 is 0. The largest absolute Gasteiger partial charge is 0.330 e. The minimum absolute atomic E-state index is 0.184. The highest BCUT2D eigenvalue weighted by molar-refractivity contribution is 5.04. The van der Waals surface area contributed by atoms with Gasteiger partial charge in [-0.3, -0.25) is 4.68 Å². The van der Waals surface area contributed by atoms with Gasteiger partial charge in [0.15, 0.2) is 0 Å². The summed E-state index contributed by atoms with van der Waals surface area (Å²) < 4.78 is 26.5. The summed E-state index contributed by atoms with van der Waals surface area (Å²) in [6.45, 7) is 1.71. The van der Waals surface area contributed by atoms with Gasteiger partial charge >= 0.3 is 0 Å². The van der Waals surface area contributed by atoms with E-state index in [2.05, 4.69) is 5.10 Å². The summed E-state index contributed by atoms with van der Waals surface area (Å²) in [6.07, 6.45) is 3.98. The van der Waals surface area contributed by atoms with Crippen LogP contribution in [0.2, 0.25) is 0 Å². The van der Waals surface area contributed by atoms with Crippen molar-refractivity contribution >= 4 is 0 Å². The fourth-order valence-electron chi connectivity index (χ4n) is 1.14. The molecule has 0 saturated carbocycles. The number of halogens is 2. The van der Waals surface area contributed by atoms with E-state index in [1.54, 1.807) is 12.4 Å². The maximum Gasteiger partial charge on any atom is 0.247 e. The lowest BCUT2D eigenvalue weighted by molar-refractivity contribution is 0.00778. The molecule has 0 bridgehead atoms. The molecule has 0 fully saturated rings. The highest BCUT2D eigenvalue weighted by atomic mass is 19.3. The van der Waals surface area contributed by atoms with Gasteiger partial charge in [0.1, 0.15) is 0 Å². The smallest absolute Gasteiger partial charge is 0.247 e. The zero-order valence-electron chi connectivity index (χ0n) is 8.21. The topological polar surface area (TPSA) is 43.8 Å². The third kappa shape index (κ3) is 3.83. The van der Waals surface area contributed by atoms with Gasteiger partial charge < -0.3 is 5.73 Å². The molecule has 0 saturated heterocycles. The van der Waals surface area contributed by atoms with Gasteiger partial charge in [0.2, 0.25) is 5.92 Å². The quantitative estimate of drug-likeness (QED) is 0.786. The van der Waals surface area contributed by atoms with Crippen LogP contribution in [0.25, 0.3) is 0 Å². The van der Waals surface area contributed by atoms with Gasteiger partial charge in [0.05, 0.1) is 6.20 Å². The first-order chi connectivity index (χ1) is 6.51. The zero-order valence-corrected chi connectivity index (χ0v) is 8.21. The molecular weight excluding hydrogens is 188 g/mol. The van der Waals surface area contributed by atoms with Crippen molar-refractivity contribution in [3.63, 3.8) is 0 Å². The molecule has 80 valence electrons. The summed E-state index contributed by atoms with van der Waals surface area (Å²) in [5.74, 6) is -2.63. The number of rotatable bonds is 5. The predicted molar refractivity (Wildman–Crippen MR) is 50.2 cm³/mol. The maximum absolute atomic E-state index is 12.5. The van der Waals surface area contributed by atoms with E-state index in [4.69, 9.17) is 5.73 Å². The fraction of sp³-hybridized carbons (Fsp3) is 0.667. The van der Waals surface area contributed by atoms with E-state index in [9.17, 15) is 8.78 Å². The van der Waals surface area contributed by atoms with Crippen LogP contribution in [-0.4, -0.2) is 22.2 Å². The van der Waals surface area contributed by atoms with Crippen LogP contribution in [0.15, 0.2) is 12.4 Å². The summed E-state index contributed by atoms with van der Waals surface area (Å²) in [4.78, 5) is 0. The summed E-state index contributed by atoms with van der Waals surface area (Å²) in [7, 11) is 0. The predicted octanol–water partition coefficient (Wildman–Crippen LogP) is 1.43. The number of nitrogens with two attached hydrogens (primary N) is 1. The maximum atomic E-state index is 12.5. The van der Waals surface area contributed by atoms with Gasteiger partial charge in [0.25, 0.3) is 0 Å². The Bertz CT molecular complexity index is 278. The summed E-state index contributed by atoms with van der Waals surface area (Å²) in [6, 6.07) is 0. The van der Waals surface area contributed by atoms with Crippen molar-refractivity contribution in [3.05, 3.63) is 18.0 Å². The first-order valence-electron chi connectivity index (χ1n) is 4.60. The zero-order chi connectivity index (χ0) is 10.6. The minimum atomic E-state index is -2.63. The second kappa shape index (κ2) is 4.50. The van der Waals surface area contributed by atoms with Gasteiger partial charge in [-0.15, -0.1) is 0 Å². The van der Waals surface area contributed by atoms with Crippen LogP contribution in [0, 0.1) is 0 Å². The van der Waals surface area contributed by atoms with Gasteiger partial charge in [-0.05, 0) is 25.5 Å². The van der Waals surface area contributed by atoms with Gasteiger partial charge in [0, 0.05) is 19.2 Å². The molecule has 0 radical (unpaired) electrons. The van der Waals surface area contributed by atoms with E-state index in [0.717, 1.165) is 18.9 Å². The van der Waals surface area contributed by atoms with Gasteiger partial charge in [-0.25, -0.2) is 8.78 Å². The molecule has 2 N–H and O–H groups in total. The number of alkyl halides is 2. The van der Waals surface area contributed by atoms with E-state index in [-0.39, 0.29) is 13.0 Å². The molecule has 0 unspecified atom stereocenters. The molecule has 0 aliphatic heterocycles. The molecular formula is C9H15F2N3. The first kappa shape index (κ1) is 11.1. The average Bonchev–Trinajstić information content (AvgIpc) is 2.49. The van der Waals surface area contributed by atoms with Crippen molar-refractivity contribution in [2.45, 2.75) is 32.2 Å². The Balaban J connectivity index is 2.44. The molecule has 14 heavy (non-hydrogen) atoms. The van der Waals surface area contributed by atoms with Gasteiger partial charge in [-0.2, -0.15) is 5.10 Å². The third-order valence-electron chi connectivity index (χ3n) is 1.90. The van der Waals surface area contributed by atoms with Crippen molar-refractivity contribution in [3.8, 4) is 0 Å². The number of nitrogens with zero attached hydrogens (tertiary/aromatic N) is 2. The van der Waals surface area contributed by atoms with Crippen LogP contribution >= 0.6 is 0 Å². The van der Waals surface area contributed by atoms with Crippen LogP contribution in [0.5, 0.6) is 0 Å². The summed E-state index contributed by atoms with van der Waals surface area (Å²) in [5, 5.41) is 3.97. The van der Waals surface area contributed by atoms with Crippen molar-refractivity contribution in [2.24, 2.45) is 5.73 Å². The van der Waals surface area contributed by atoms with Crippen molar-refractivity contribution in [2.75, 3.05) is 6.54 Å². The highest BCUT2D eigenvalue weighted by Crippen LogP contribution is 2.17. The van der Waals surface area contributed by atoms with Crippen LogP contribution in [0.3, 0.4) is 0 Å². The van der Waals surface area contributed by atoms with Crippen LogP contribution in [0.1, 0.15) is 18.9 Å². The molecule has 1 rings (SSSR count). The number of aryl methyl sites for hydroxylation is 1. The lowest BCUT2D eigenvalue weighted by Gasteiger charge is -2.09. The Morgan fingerprint density at radius 3 is 2.86 bits per heavy atom. The second-order valence-electron chi connectivity index (χ2n) is 3.47. The van der Waals surface area contributed by atoms with Crippen LogP contribution < -0.4 is 5.73 Å². The van der Waals surface area contributed by atoms with Gasteiger partial charge in [-0.1, -0.05) is 0 Å². The highest BCUT2D eigenvalue weighted by Gasteiger charge is 2.20. The Labute approximate surface area is 81.9 Å². The second-order valence-corrected chi connectivity index (χ2v) is 3.47. The molecule has 3 nitrogen and oxygen atoms in total. The van der Waals surface area contributed by atoms with Crippen LogP contribution in [0.4, 0.5) is 8.78 Å². The van der Waals surface area contributed by atoms with E-state index < -0.39 is 5.92 Å². The number of aromatic nitrogens is 2. The lowest BCUT2D eigenvalue weighted by atomic mass is 10.2. The Kier molecular flexibility index (Phi) is 3.57. The molecule has 0 aliphatic carbocycles. The van der Waals surface area contributed by atoms with E-state index >= 15 is 0 Å². The molecule has 5 heteroatoms. The van der Waals surface area contributed by atoms with E-state index in [0.29, 0.717) is 6.54 Å². The fourth-order valence-corrected chi connectivity index (χ4v) is 1.14. The van der Waals surface area contributed by atoms with E-state index in [1.807, 2.05) is 0 Å². The monoisotopic (exact) mass is 203 g/mol. The Hall–Kier alpha value is -0.970. The lowest BCUT2D eigenvalue weighted by Crippen LogP contribution is -2.14. The molecule has 1 heterocycles. The molecule has 0 aromatic carbocycles. The molecule has 0 spiro atoms. The standard InChI is InChI=1S/C9H15F2N3/c1-9(10,11)3-5-14-7-8(2-4-12)6-13-14/h6-7H,2-5,12H2,1H3. The van der Waals surface area contributed by atoms with Crippen molar-refractivity contribution in [1.82, 2.24) is 9.78 Å². The minimum Gasteiger partial charge on any atom is -0.330 e. The average molecular weight is 203 g/mol. The normalized spacial score (nSPS) is 12.0. The van der Waals surface area contributed by atoms with Crippen molar-refractivity contribution < 1.29 is 8.78 Å². The molecule has 0 atom stereocenters. The summed E-state index contributed by atoms with van der Waals surface area (Å²) in [5.41, 5.74) is 6.35. The molecule has 0 amide bonds. The van der Waals surface area contributed by atoms with Crippen LogP contribution in [-0.2, 0) is 13.0 Å². The van der Waals surface area contributed by atoms with E-state index in [1.165, 1.54) is 4.68 Å². The Morgan fingerprint density at radius 1 is 1.57 bits per heavy atom. The SMILES string of the molecule is CC(F)(F)CCn1cc(CCN)cn1. The third-order valence-corrected chi connectivity index (χ3v) is 1.90. The first-order valence-corrected chi connectivity index (χ1v) is 4.60. The molecule has 1 aromatic heterocycles. The molecule has 0 aliphatic rings. The number of hydrogen-bond donors (Lipinski definition) is 1. The molecule has 1 aromatic rings. The Morgan fingerprint density at radius 2 is 2.29 bits per heavy atom.